The molecule has 0 amide bonds. The van der Waals surface area contributed by atoms with Crippen LogP contribution >= 0.6 is 15.9 Å². The van der Waals surface area contributed by atoms with Gasteiger partial charge in [0.2, 0.25) is 0 Å². The van der Waals surface area contributed by atoms with E-state index in [1.807, 2.05) is 0 Å². The highest BCUT2D eigenvalue weighted by molar-refractivity contribution is 9.10. The van der Waals surface area contributed by atoms with Crippen molar-refractivity contribution >= 4 is 27.4 Å². The Labute approximate surface area is 113 Å². The number of hydrogen-bond acceptors (Lipinski definition) is 2. The third-order valence-corrected chi connectivity index (χ3v) is 3.04. The summed E-state index contributed by atoms with van der Waals surface area (Å²) < 4.78 is 14.2. The van der Waals surface area contributed by atoms with Crippen LogP contribution in [0.15, 0.2) is 46.9 Å². The van der Waals surface area contributed by atoms with Crippen LogP contribution in [0.5, 0.6) is 0 Å². The van der Waals surface area contributed by atoms with Crippen LogP contribution in [0.4, 0.5) is 10.1 Å². The number of benzene rings is 2. The van der Waals surface area contributed by atoms with Gasteiger partial charge in [0.05, 0.1) is 5.56 Å². The van der Waals surface area contributed by atoms with E-state index in [-0.39, 0.29) is 17.8 Å². The van der Waals surface area contributed by atoms with Crippen molar-refractivity contribution in [3.05, 3.63) is 63.9 Å². The second-order valence-corrected chi connectivity index (χ2v) is 4.88. The van der Waals surface area contributed by atoms with E-state index >= 15 is 0 Å². The molecule has 0 atom stereocenters. The van der Waals surface area contributed by atoms with Crippen molar-refractivity contribution in [2.45, 2.75) is 6.42 Å². The highest BCUT2D eigenvalue weighted by Crippen LogP contribution is 2.18. The second-order valence-electron chi connectivity index (χ2n) is 3.97. The van der Waals surface area contributed by atoms with Gasteiger partial charge in [0.1, 0.15) is 5.82 Å². The Morgan fingerprint density at radius 2 is 2.00 bits per heavy atom. The maximum absolute atomic E-state index is 13.5. The molecule has 0 saturated heterocycles. The standard InChI is InChI=1S/C14H11BrFNO/c15-10-4-5-13(16)12(8-10)14(18)7-9-2-1-3-11(17)6-9/h1-6,8H,7,17H2. The largest absolute Gasteiger partial charge is 0.399 e. The Balaban J connectivity index is 2.24. The van der Waals surface area contributed by atoms with Crippen LogP contribution in [-0.2, 0) is 6.42 Å². The number of carbonyl (C=O) groups excluding carboxylic acids is 1. The SMILES string of the molecule is Nc1cccc(CC(=O)c2cc(Br)ccc2F)c1. The Bertz CT molecular complexity index is 598. The van der Waals surface area contributed by atoms with Crippen LogP contribution in [-0.4, -0.2) is 5.78 Å². The molecule has 4 heteroatoms. The minimum absolute atomic E-state index is 0.0896. The number of nitrogen functional groups attached to an aromatic ring is 1. The molecule has 0 aliphatic heterocycles. The average Bonchev–Trinajstić information content (AvgIpc) is 2.32. The molecule has 0 fully saturated rings. The number of rotatable bonds is 3. The van der Waals surface area contributed by atoms with Crippen molar-refractivity contribution in [3.8, 4) is 0 Å². The van der Waals surface area contributed by atoms with Crippen molar-refractivity contribution < 1.29 is 9.18 Å². The first-order valence-electron chi connectivity index (χ1n) is 5.39. The van der Waals surface area contributed by atoms with Gasteiger partial charge in [0.25, 0.3) is 0 Å². The van der Waals surface area contributed by atoms with Gasteiger partial charge in [0, 0.05) is 16.6 Å². The van der Waals surface area contributed by atoms with E-state index in [9.17, 15) is 9.18 Å². The van der Waals surface area contributed by atoms with E-state index in [0.717, 1.165) is 5.56 Å². The summed E-state index contributed by atoms with van der Waals surface area (Å²) in [5.41, 5.74) is 7.09. The van der Waals surface area contributed by atoms with Gasteiger partial charge in [-0.1, -0.05) is 28.1 Å². The number of anilines is 1. The van der Waals surface area contributed by atoms with Gasteiger partial charge in [-0.05, 0) is 35.9 Å². The molecular weight excluding hydrogens is 297 g/mol. The monoisotopic (exact) mass is 307 g/mol. The fraction of sp³-hybridized carbons (Fsp3) is 0.0714. The van der Waals surface area contributed by atoms with Crippen LogP contribution in [0, 0.1) is 5.82 Å². The fourth-order valence-corrected chi connectivity index (χ4v) is 2.06. The smallest absolute Gasteiger partial charge is 0.170 e. The zero-order chi connectivity index (χ0) is 13.1. The lowest BCUT2D eigenvalue weighted by atomic mass is 10.0. The molecule has 18 heavy (non-hydrogen) atoms. The Hall–Kier alpha value is -1.68. The van der Waals surface area contributed by atoms with Gasteiger partial charge in [-0.25, -0.2) is 4.39 Å². The summed E-state index contributed by atoms with van der Waals surface area (Å²) >= 11 is 3.22. The van der Waals surface area contributed by atoms with Crippen molar-refractivity contribution in [3.63, 3.8) is 0 Å². The molecule has 0 aromatic heterocycles. The molecule has 0 unspecified atom stereocenters. The van der Waals surface area contributed by atoms with Gasteiger partial charge in [-0.3, -0.25) is 4.79 Å². The highest BCUT2D eigenvalue weighted by Gasteiger charge is 2.12. The Morgan fingerprint density at radius 3 is 2.72 bits per heavy atom. The quantitative estimate of drug-likeness (QED) is 0.695. The number of halogens is 2. The maximum Gasteiger partial charge on any atom is 0.170 e. The lowest BCUT2D eigenvalue weighted by Crippen LogP contribution is -2.06. The lowest BCUT2D eigenvalue weighted by Gasteiger charge is -2.04. The predicted molar refractivity (Wildman–Crippen MR) is 73.0 cm³/mol. The number of carbonyl (C=O) groups is 1. The molecule has 0 aliphatic carbocycles. The van der Waals surface area contributed by atoms with Crippen LogP contribution in [0.1, 0.15) is 15.9 Å². The Kier molecular flexibility index (Phi) is 3.77. The molecule has 0 aliphatic rings. The molecule has 2 aromatic rings. The van der Waals surface area contributed by atoms with Gasteiger partial charge in [-0.2, -0.15) is 0 Å². The van der Waals surface area contributed by atoms with Crippen molar-refractivity contribution in [1.29, 1.82) is 0 Å². The molecular formula is C14H11BrFNO. The lowest BCUT2D eigenvalue weighted by molar-refractivity contribution is 0.0989. The molecule has 0 spiro atoms. The summed E-state index contributed by atoms with van der Waals surface area (Å²) in [6.45, 7) is 0. The minimum atomic E-state index is -0.507. The van der Waals surface area contributed by atoms with Gasteiger partial charge in [0.15, 0.2) is 5.78 Å². The third kappa shape index (κ3) is 2.96. The summed E-state index contributed by atoms with van der Waals surface area (Å²) in [4.78, 5) is 12.0. The van der Waals surface area contributed by atoms with Crippen LogP contribution in [0.3, 0.4) is 0 Å². The van der Waals surface area contributed by atoms with E-state index < -0.39 is 5.82 Å². The number of ketones is 1. The zero-order valence-corrected chi connectivity index (χ0v) is 11.1. The van der Waals surface area contributed by atoms with Gasteiger partial charge >= 0.3 is 0 Å². The Morgan fingerprint density at radius 1 is 1.22 bits per heavy atom. The molecule has 2 N–H and O–H groups in total. The molecule has 0 bridgehead atoms. The second kappa shape index (κ2) is 5.31. The number of Topliss-reactive ketones (excluding diaryl/α,β-unsaturated/α-hetero) is 1. The van der Waals surface area contributed by atoms with E-state index in [1.54, 1.807) is 30.3 Å². The van der Waals surface area contributed by atoms with Crippen molar-refractivity contribution in [1.82, 2.24) is 0 Å². The molecule has 2 nitrogen and oxygen atoms in total. The summed E-state index contributed by atoms with van der Waals surface area (Å²) in [6, 6.07) is 11.4. The fourth-order valence-electron chi connectivity index (χ4n) is 1.69. The topological polar surface area (TPSA) is 43.1 Å². The average molecular weight is 308 g/mol. The minimum Gasteiger partial charge on any atom is -0.399 e. The normalized spacial score (nSPS) is 10.3. The maximum atomic E-state index is 13.5. The number of nitrogens with two attached hydrogens (primary N) is 1. The third-order valence-electron chi connectivity index (χ3n) is 2.54. The van der Waals surface area contributed by atoms with Crippen LogP contribution in [0.2, 0.25) is 0 Å². The molecule has 0 radical (unpaired) electrons. The summed E-state index contributed by atoms with van der Waals surface area (Å²) in [6.07, 6.45) is 0.137. The molecule has 92 valence electrons. The molecule has 0 heterocycles. The van der Waals surface area contributed by atoms with E-state index in [4.69, 9.17) is 5.73 Å². The summed E-state index contributed by atoms with van der Waals surface area (Å²) in [5.74, 6) is -0.772. The van der Waals surface area contributed by atoms with Crippen molar-refractivity contribution in [2.75, 3.05) is 5.73 Å². The van der Waals surface area contributed by atoms with Gasteiger partial charge < -0.3 is 5.73 Å². The van der Waals surface area contributed by atoms with Gasteiger partial charge in [-0.15, -0.1) is 0 Å². The van der Waals surface area contributed by atoms with E-state index in [1.165, 1.54) is 12.1 Å². The number of hydrogen-bond donors (Lipinski definition) is 1. The first kappa shape index (κ1) is 12.8. The van der Waals surface area contributed by atoms with E-state index in [2.05, 4.69) is 15.9 Å². The molecule has 2 aromatic carbocycles. The van der Waals surface area contributed by atoms with E-state index in [0.29, 0.717) is 10.2 Å². The molecule has 0 saturated carbocycles. The predicted octanol–water partition coefficient (Wildman–Crippen LogP) is 3.60. The summed E-state index contributed by atoms with van der Waals surface area (Å²) in [7, 11) is 0. The first-order valence-corrected chi connectivity index (χ1v) is 6.18. The molecule has 2 rings (SSSR count). The summed E-state index contributed by atoms with van der Waals surface area (Å²) in [5, 5.41) is 0. The first-order chi connectivity index (χ1) is 8.56. The van der Waals surface area contributed by atoms with Crippen LogP contribution in [0.25, 0.3) is 0 Å². The van der Waals surface area contributed by atoms with Crippen molar-refractivity contribution in [2.24, 2.45) is 0 Å². The zero-order valence-electron chi connectivity index (χ0n) is 9.49. The van der Waals surface area contributed by atoms with Crippen LogP contribution < -0.4 is 5.73 Å². The highest BCUT2D eigenvalue weighted by atomic mass is 79.9.